The summed E-state index contributed by atoms with van der Waals surface area (Å²) in [6.07, 6.45) is 1.35. The fourth-order valence-corrected chi connectivity index (χ4v) is 3.83. The molecule has 0 spiro atoms. The second kappa shape index (κ2) is 7.03. The summed E-state index contributed by atoms with van der Waals surface area (Å²) >= 11 is 0. The highest BCUT2D eigenvalue weighted by molar-refractivity contribution is 7.92. The van der Waals surface area contributed by atoms with Crippen LogP contribution in [0.3, 0.4) is 0 Å². The summed E-state index contributed by atoms with van der Waals surface area (Å²) in [5.74, 6) is -4.25. The third-order valence-electron chi connectivity index (χ3n) is 3.86. The Morgan fingerprint density at radius 1 is 1.32 bits per heavy atom. The number of aromatic amines is 2. The summed E-state index contributed by atoms with van der Waals surface area (Å²) in [4.78, 5) is 33.4. The SMILES string of the molecule is CCCS(=O)(=O)Nc1ccc(F)c(C(=O)c2c[nH]c3nc(N)[nH]c(=O)c23)c1F. The second-order valence-corrected chi connectivity index (χ2v) is 7.75. The zero-order valence-corrected chi connectivity index (χ0v) is 15.3. The van der Waals surface area contributed by atoms with Crippen molar-refractivity contribution in [2.24, 2.45) is 0 Å². The number of nitrogens with zero attached hydrogens (tertiary/aromatic N) is 1. The minimum atomic E-state index is -3.87. The molecule has 0 aliphatic heterocycles. The summed E-state index contributed by atoms with van der Waals surface area (Å²) in [5, 5.41) is -0.227. The van der Waals surface area contributed by atoms with E-state index in [1.54, 1.807) is 6.92 Å². The van der Waals surface area contributed by atoms with Crippen molar-refractivity contribution in [2.45, 2.75) is 13.3 Å². The Bertz CT molecular complexity index is 1250. The van der Waals surface area contributed by atoms with Crippen molar-refractivity contribution in [1.82, 2.24) is 15.0 Å². The molecule has 148 valence electrons. The zero-order valence-electron chi connectivity index (χ0n) is 14.5. The van der Waals surface area contributed by atoms with Crippen LogP contribution in [0.1, 0.15) is 29.3 Å². The first kappa shape index (κ1) is 19.5. The molecule has 5 N–H and O–H groups in total. The lowest BCUT2D eigenvalue weighted by Gasteiger charge is -2.11. The highest BCUT2D eigenvalue weighted by Gasteiger charge is 2.26. The first-order chi connectivity index (χ1) is 13.1. The molecule has 2 heterocycles. The molecule has 2 aromatic heterocycles. The average molecular weight is 411 g/mol. The molecule has 3 rings (SSSR count). The molecule has 0 saturated carbocycles. The van der Waals surface area contributed by atoms with Crippen LogP contribution < -0.4 is 16.0 Å². The Balaban J connectivity index is 2.13. The van der Waals surface area contributed by atoms with Gasteiger partial charge in [0.15, 0.2) is 5.82 Å². The largest absolute Gasteiger partial charge is 0.369 e. The minimum Gasteiger partial charge on any atom is -0.369 e. The Morgan fingerprint density at radius 2 is 2.04 bits per heavy atom. The van der Waals surface area contributed by atoms with Gasteiger partial charge in [-0.05, 0) is 18.6 Å². The molecule has 1 aromatic carbocycles. The zero-order chi connectivity index (χ0) is 20.6. The van der Waals surface area contributed by atoms with Gasteiger partial charge >= 0.3 is 0 Å². The summed E-state index contributed by atoms with van der Waals surface area (Å²) in [7, 11) is -3.87. The van der Waals surface area contributed by atoms with Gasteiger partial charge in [0.2, 0.25) is 21.8 Å². The first-order valence-electron chi connectivity index (χ1n) is 8.04. The standard InChI is InChI=1S/C16H15F2N5O4S/c1-2-5-28(26,27)23-9-4-3-8(17)11(12(9)18)13(24)7-6-20-14-10(7)15(25)22-16(19)21-14/h3-4,6,23H,2,5H2,1H3,(H4,19,20,21,22,25). The molecule has 0 aliphatic carbocycles. The molecule has 0 saturated heterocycles. The van der Waals surface area contributed by atoms with E-state index in [-0.39, 0.29) is 34.7 Å². The van der Waals surface area contributed by atoms with Crippen molar-refractivity contribution >= 4 is 38.5 Å². The number of H-pyrrole nitrogens is 2. The van der Waals surface area contributed by atoms with Crippen LogP contribution in [0.2, 0.25) is 0 Å². The van der Waals surface area contributed by atoms with E-state index >= 15 is 0 Å². The Labute approximate surface area is 157 Å². The highest BCUT2D eigenvalue weighted by atomic mass is 32.2. The second-order valence-electron chi connectivity index (χ2n) is 5.91. The Kier molecular flexibility index (Phi) is 4.89. The van der Waals surface area contributed by atoms with Gasteiger partial charge in [-0.2, -0.15) is 4.98 Å². The number of rotatable bonds is 6. The van der Waals surface area contributed by atoms with Crippen molar-refractivity contribution in [1.29, 1.82) is 0 Å². The molecule has 0 fully saturated rings. The molecular weight excluding hydrogens is 396 g/mol. The van der Waals surface area contributed by atoms with Gasteiger partial charge < -0.3 is 10.7 Å². The molecule has 0 bridgehead atoms. The average Bonchev–Trinajstić information content (AvgIpc) is 3.01. The lowest BCUT2D eigenvalue weighted by molar-refractivity contribution is 0.103. The van der Waals surface area contributed by atoms with E-state index in [2.05, 4.69) is 15.0 Å². The van der Waals surface area contributed by atoms with Crippen LogP contribution in [0, 0.1) is 11.6 Å². The Hall–Kier alpha value is -3.28. The summed E-state index contributed by atoms with van der Waals surface area (Å²) in [6.45, 7) is 1.62. The van der Waals surface area contributed by atoms with Gasteiger partial charge in [-0.3, -0.25) is 19.3 Å². The van der Waals surface area contributed by atoms with E-state index in [0.29, 0.717) is 0 Å². The van der Waals surface area contributed by atoms with Crippen molar-refractivity contribution in [3.8, 4) is 0 Å². The molecule has 12 heteroatoms. The molecule has 0 atom stereocenters. The number of hydrogen-bond acceptors (Lipinski definition) is 6. The van der Waals surface area contributed by atoms with Crippen LogP contribution in [0.25, 0.3) is 11.0 Å². The van der Waals surface area contributed by atoms with Crippen LogP contribution in [0.15, 0.2) is 23.1 Å². The van der Waals surface area contributed by atoms with Crippen molar-refractivity contribution in [3.63, 3.8) is 0 Å². The van der Waals surface area contributed by atoms with Gasteiger partial charge in [0.25, 0.3) is 5.56 Å². The quantitative estimate of drug-likeness (QED) is 0.451. The van der Waals surface area contributed by atoms with E-state index in [4.69, 9.17) is 5.73 Å². The van der Waals surface area contributed by atoms with Crippen molar-refractivity contribution in [3.05, 3.63) is 51.4 Å². The van der Waals surface area contributed by atoms with E-state index in [9.17, 15) is 26.8 Å². The first-order valence-corrected chi connectivity index (χ1v) is 9.70. The summed E-state index contributed by atoms with van der Waals surface area (Å²) in [5.41, 5.74) is 2.69. The number of nitrogens with one attached hydrogen (secondary N) is 3. The number of anilines is 2. The van der Waals surface area contributed by atoms with Crippen molar-refractivity contribution < 1.29 is 22.0 Å². The highest BCUT2D eigenvalue weighted by Crippen LogP contribution is 2.26. The van der Waals surface area contributed by atoms with Crippen LogP contribution in [0.5, 0.6) is 0 Å². The number of ketones is 1. The van der Waals surface area contributed by atoms with Gasteiger partial charge in [-0.15, -0.1) is 0 Å². The number of nitrogens with two attached hydrogens (primary N) is 1. The maximum absolute atomic E-state index is 14.8. The normalized spacial score (nSPS) is 11.7. The minimum absolute atomic E-state index is 0.0368. The van der Waals surface area contributed by atoms with E-state index in [0.717, 1.165) is 18.3 Å². The van der Waals surface area contributed by atoms with Gasteiger partial charge in [0.05, 0.1) is 28.0 Å². The molecule has 28 heavy (non-hydrogen) atoms. The number of hydrogen-bond donors (Lipinski definition) is 4. The van der Waals surface area contributed by atoms with Crippen LogP contribution in [0.4, 0.5) is 20.4 Å². The van der Waals surface area contributed by atoms with Crippen LogP contribution in [-0.2, 0) is 10.0 Å². The molecular formula is C16H15F2N5O4S. The lowest BCUT2D eigenvalue weighted by Crippen LogP contribution is -2.19. The number of fused-ring (bicyclic) bond motifs is 1. The number of carbonyl (C=O) groups excluding carboxylic acids is 1. The number of carbonyl (C=O) groups is 1. The number of halogens is 2. The van der Waals surface area contributed by atoms with Gasteiger partial charge in [-0.1, -0.05) is 6.92 Å². The topological polar surface area (TPSA) is 151 Å². The lowest BCUT2D eigenvalue weighted by atomic mass is 10.0. The van der Waals surface area contributed by atoms with Gasteiger partial charge in [0.1, 0.15) is 11.5 Å². The number of aromatic nitrogens is 3. The third-order valence-corrected chi connectivity index (χ3v) is 5.34. The maximum atomic E-state index is 14.8. The van der Waals surface area contributed by atoms with Gasteiger partial charge in [0, 0.05) is 6.20 Å². The monoisotopic (exact) mass is 411 g/mol. The van der Waals surface area contributed by atoms with Gasteiger partial charge in [-0.25, -0.2) is 17.2 Å². The number of nitrogen functional groups attached to an aromatic ring is 1. The molecule has 0 aliphatic rings. The molecule has 0 radical (unpaired) electrons. The predicted octanol–water partition coefficient (Wildman–Crippen LogP) is 1.49. The molecule has 0 amide bonds. The van der Waals surface area contributed by atoms with Crippen molar-refractivity contribution in [2.75, 3.05) is 16.2 Å². The van der Waals surface area contributed by atoms with E-state index < -0.39 is 44.3 Å². The summed E-state index contributed by atoms with van der Waals surface area (Å²) < 4.78 is 54.8. The van der Waals surface area contributed by atoms with E-state index in [1.165, 1.54) is 0 Å². The summed E-state index contributed by atoms with van der Waals surface area (Å²) in [6, 6.07) is 1.63. The van der Waals surface area contributed by atoms with Crippen LogP contribution >= 0.6 is 0 Å². The molecule has 9 nitrogen and oxygen atoms in total. The fraction of sp³-hybridized carbons (Fsp3) is 0.188. The Morgan fingerprint density at radius 3 is 2.71 bits per heavy atom. The van der Waals surface area contributed by atoms with E-state index in [1.807, 2.05) is 4.72 Å². The maximum Gasteiger partial charge on any atom is 0.262 e. The predicted molar refractivity (Wildman–Crippen MR) is 98.6 cm³/mol. The third kappa shape index (κ3) is 3.45. The fourth-order valence-electron chi connectivity index (χ4n) is 2.70. The van der Waals surface area contributed by atoms with Crippen LogP contribution in [-0.4, -0.2) is 34.9 Å². The molecule has 0 unspecified atom stereocenters. The number of sulfonamides is 1. The smallest absolute Gasteiger partial charge is 0.262 e. The molecule has 3 aromatic rings. The number of benzene rings is 1.